The summed E-state index contributed by atoms with van der Waals surface area (Å²) in [5, 5.41) is 0. The molecule has 2 rings (SSSR count). The fourth-order valence-electron chi connectivity index (χ4n) is 2.28. The highest BCUT2D eigenvalue weighted by atomic mass is 16.5. The molecule has 1 aliphatic rings. The molecule has 0 heterocycles. The quantitative estimate of drug-likeness (QED) is 0.823. The van der Waals surface area contributed by atoms with E-state index in [9.17, 15) is 0 Å². The molecule has 2 N–H and O–H groups in total. The standard InChI is InChI=1S/C13H19NO/c1-4-15-10-7-5-6-9(8-10)11-12(14)13(11,2)3/h5-8,11-12H,4,14H2,1-3H3/t11-,12-/m0/s1. The fourth-order valence-corrected chi connectivity index (χ4v) is 2.28. The second-order valence-electron chi connectivity index (χ2n) is 4.83. The summed E-state index contributed by atoms with van der Waals surface area (Å²) in [6.45, 7) is 7.15. The summed E-state index contributed by atoms with van der Waals surface area (Å²) in [4.78, 5) is 0. The molecule has 2 nitrogen and oxygen atoms in total. The lowest BCUT2D eigenvalue weighted by molar-refractivity contribution is 0.340. The van der Waals surface area contributed by atoms with Gasteiger partial charge in [0, 0.05) is 12.0 Å². The van der Waals surface area contributed by atoms with Crippen LogP contribution in [0.5, 0.6) is 5.75 Å². The van der Waals surface area contributed by atoms with E-state index in [0.29, 0.717) is 12.5 Å². The van der Waals surface area contributed by atoms with Gasteiger partial charge in [0.2, 0.25) is 0 Å². The zero-order valence-electron chi connectivity index (χ0n) is 9.66. The van der Waals surface area contributed by atoms with Crippen molar-refractivity contribution in [2.45, 2.75) is 32.7 Å². The van der Waals surface area contributed by atoms with Crippen molar-refractivity contribution < 1.29 is 4.74 Å². The Bertz CT molecular complexity index is 359. The molecule has 15 heavy (non-hydrogen) atoms. The van der Waals surface area contributed by atoms with Crippen LogP contribution >= 0.6 is 0 Å². The lowest BCUT2D eigenvalue weighted by atomic mass is 10.0. The average molecular weight is 205 g/mol. The van der Waals surface area contributed by atoms with Crippen LogP contribution in [0.25, 0.3) is 0 Å². The van der Waals surface area contributed by atoms with Crippen LogP contribution in [-0.4, -0.2) is 12.6 Å². The molecule has 2 heteroatoms. The van der Waals surface area contributed by atoms with Gasteiger partial charge in [-0.3, -0.25) is 0 Å². The van der Waals surface area contributed by atoms with E-state index in [1.54, 1.807) is 0 Å². The number of rotatable bonds is 3. The Morgan fingerprint density at radius 2 is 2.07 bits per heavy atom. The van der Waals surface area contributed by atoms with Crippen LogP contribution in [0.4, 0.5) is 0 Å². The Hall–Kier alpha value is -1.02. The molecule has 2 atom stereocenters. The lowest BCUT2D eigenvalue weighted by Gasteiger charge is -2.06. The van der Waals surface area contributed by atoms with Crippen LogP contribution in [0.1, 0.15) is 32.3 Å². The minimum absolute atomic E-state index is 0.241. The monoisotopic (exact) mass is 205 g/mol. The predicted molar refractivity (Wildman–Crippen MR) is 62.1 cm³/mol. The van der Waals surface area contributed by atoms with Crippen molar-refractivity contribution in [3.05, 3.63) is 29.8 Å². The molecule has 0 radical (unpaired) electrons. The van der Waals surface area contributed by atoms with E-state index >= 15 is 0 Å². The topological polar surface area (TPSA) is 35.2 Å². The van der Waals surface area contributed by atoms with Crippen molar-refractivity contribution in [2.75, 3.05) is 6.61 Å². The van der Waals surface area contributed by atoms with Gasteiger partial charge in [-0.2, -0.15) is 0 Å². The fraction of sp³-hybridized carbons (Fsp3) is 0.538. The molecule has 0 aromatic heterocycles. The average Bonchev–Trinajstić information content (AvgIpc) is 2.67. The van der Waals surface area contributed by atoms with Gasteiger partial charge in [0.1, 0.15) is 5.75 Å². The second-order valence-corrected chi connectivity index (χ2v) is 4.83. The van der Waals surface area contributed by atoms with E-state index in [0.717, 1.165) is 5.75 Å². The van der Waals surface area contributed by atoms with E-state index < -0.39 is 0 Å². The normalized spacial score (nSPS) is 27.5. The van der Waals surface area contributed by atoms with Crippen molar-refractivity contribution in [3.8, 4) is 5.75 Å². The summed E-state index contributed by atoms with van der Waals surface area (Å²) in [5.41, 5.74) is 7.60. The SMILES string of the molecule is CCOc1cccc([C@H]2[C@H](N)C2(C)C)c1. The summed E-state index contributed by atoms with van der Waals surface area (Å²) in [6.07, 6.45) is 0. The molecular weight excluding hydrogens is 186 g/mol. The number of ether oxygens (including phenoxy) is 1. The summed E-state index contributed by atoms with van der Waals surface area (Å²) in [5.74, 6) is 1.43. The van der Waals surface area contributed by atoms with Crippen molar-refractivity contribution in [3.63, 3.8) is 0 Å². The number of benzene rings is 1. The van der Waals surface area contributed by atoms with Gasteiger partial charge in [-0.1, -0.05) is 26.0 Å². The molecule has 0 amide bonds. The van der Waals surface area contributed by atoms with E-state index in [1.165, 1.54) is 5.56 Å². The van der Waals surface area contributed by atoms with Gasteiger partial charge >= 0.3 is 0 Å². The molecule has 1 aromatic carbocycles. The van der Waals surface area contributed by atoms with Crippen LogP contribution in [0.15, 0.2) is 24.3 Å². The van der Waals surface area contributed by atoms with Gasteiger partial charge in [0.25, 0.3) is 0 Å². The lowest BCUT2D eigenvalue weighted by Crippen LogP contribution is -2.06. The maximum absolute atomic E-state index is 6.06. The van der Waals surface area contributed by atoms with Gasteiger partial charge in [-0.05, 0) is 30.0 Å². The highest BCUT2D eigenvalue weighted by Gasteiger charge is 2.56. The molecule has 0 spiro atoms. The van der Waals surface area contributed by atoms with Crippen molar-refractivity contribution >= 4 is 0 Å². The zero-order chi connectivity index (χ0) is 11.1. The third-order valence-electron chi connectivity index (χ3n) is 3.44. The molecule has 0 unspecified atom stereocenters. The molecule has 0 saturated heterocycles. The first kappa shape index (κ1) is 10.5. The third-order valence-corrected chi connectivity index (χ3v) is 3.44. The van der Waals surface area contributed by atoms with E-state index in [-0.39, 0.29) is 11.5 Å². The Balaban J connectivity index is 2.20. The van der Waals surface area contributed by atoms with Crippen molar-refractivity contribution in [1.82, 2.24) is 0 Å². The van der Waals surface area contributed by atoms with Crippen molar-refractivity contribution in [1.29, 1.82) is 0 Å². The summed E-state index contributed by atoms with van der Waals surface area (Å²) < 4.78 is 5.49. The minimum atomic E-state index is 0.241. The molecule has 1 aliphatic carbocycles. The molecule has 0 bridgehead atoms. The van der Waals surface area contributed by atoms with Gasteiger partial charge in [0.15, 0.2) is 0 Å². The minimum Gasteiger partial charge on any atom is -0.494 e. The Morgan fingerprint density at radius 3 is 2.60 bits per heavy atom. The first-order chi connectivity index (χ1) is 7.07. The van der Waals surface area contributed by atoms with Gasteiger partial charge < -0.3 is 10.5 Å². The molecule has 82 valence electrons. The highest BCUT2D eigenvalue weighted by Crippen LogP contribution is 2.57. The molecule has 1 aromatic rings. The maximum Gasteiger partial charge on any atom is 0.119 e. The Kier molecular flexibility index (Phi) is 2.47. The molecule has 0 aliphatic heterocycles. The Morgan fingerprint density at radius 1 is 1.40 bits per heavy atom. The second kappa shape index (κ2) is 3.53. The van der Waals surface area contributed by atoms with E-state index in [4.69, 9.17) is 10.5 Å². The summed E-state index contributed by atoms with van der Waals surface area (Å²) >= 11 is 0. The summed E-state index contributed by atoms with van der Waals surface area (Å²) in [7, 11) is 0. The number of nitrogens with two attached hydrogens (primary N) is 1. The Labute approximate surface area is 91.4 Å². The molecule has 1 fully saturated rings. The molecular formula is C13H19NO. The van der Waals surface area contributed by atoms with Crippen LogP contribution < -0.4 is 10.5 Å². The summed E-state index contributed by atoms with van der Waals surface area (Å²) in [6, 6.07) is 8.58. The van der Waals surface area contributed by atoms with Crippen LogP contribution in [0.2, 0.25) is 0 Å². The van der Waals surface area contributed by atoms with Crippen LogP contribution in [0.3, 0.4) is 0 Å². The number of hydrogen-bond donors (Lipinski definition) is 1. The largest absolute Gasteiger partial charge is 0.494 e. The highest BCUT2D eigenvalue weighted by molar-refractivity contribution is 5.38. The van der Waals surface area contributed by atoms with E-state index in [2.05, 4.69) is 26.0 Å². The van der Waals surface area contributed by atoms with Crippen LogP contribution in [0, 0.1) is 5.41 Å². The first-order valence-electron chi connectivity index (χ1n) is 5.55. The predicted octanol–water partition coefficient (Wildman–Crippen LogP) is 2.54. The smallest absolute Gasteiger partial charge is 0.119 e. The van der Waals surface area contributed by atoms with Gasteiger partial charge in [0.05, 0.1) is 6.61 Å². The van der Waals surface area contributed by atoms with Crippen LogP contribution in [-0.2, 0) is 0 Å². The van der Waals surface area contributed by atoms with Gasteiger partial charge in [-0.25, -0.2) is 0 Å². The van der Waals surface area contributed by atoms with E-state index in [1.807, 2.05) is 19.1 Å². The third kappa shape index (κ3) is 1.74. The first-order valence-corrected chi connectivity index (χ1v) is 5.55. The van der Waals surface area contributed by atoms with Crippen molar-refractivity contribution in [2.24, 2.45) is 11.1 Å². The zero-order valence-corrected chi connectivity index (χ0v) is 9.66. The maximum atomic E-state index is 6.06. The number of hydrogen-bond acceptors (Lipinski definition) is 2. The molecule has 1 saturated carbocycles. The van der Waals surface area contributed by atoms with Gasteiger partial charge in [-0.15, -0.1) is 0 Å².